The van der Waals surface area contributed by atoms with E-state index in [1.807, 2.05) is 42.5 Å². The Hall–Kier alpha value is -2.45. The zero-order valence-electron chi connectivity index (χ0n) is 17.8. The molecule has 0 heterocycles. The minimum absolute atomic E-state index is 0.101. The summed E-state index contributed by atoms with van der Waals surface area (Å²) >= 11 is 23.7. The van der Waals surface area contributed by atoms with E-state index in [1.165, 1.54) is 7.11 Å². The van der Waals surface area contributed by atoms with Gasteiger partial charge < -0.3 is 25.4 Å². The van der Waals surface area contributed by atoms with Gasteiger partial charge >= 0.3 is 0 Å². The van der Waals surface area contributed by atoms with Crippen LogP contribution in [0.3, 0.4) is 0 Å². The Kier molecular flexibility index (Phi) is 8.48. The number of alkyl halides is 3. The average molecular weight is 527 g/mol. The number of carbonyl (C=O) groups excluding carboxylic acids is 1. The molecular weight excluding hydrogens is 505 g/mol. The lowest BCUT2D eigenvalue weighted by Gasteiger charge is -2.28. The third-order valence-corrected chi connectivity index (χ3v) is 5.67. The number of halogens is 3. The molecule has 0 aliphatic heterocycles. The molecule has 0 spiro atoms. The first kappa shape index (κ1) is 25.2. The predicted molar refractivity (Wildman–Crippen MR) is 139 cm³/mol. The van der Waals surface area contributed by atoms with Crippen molar-refractivity contribution in [3.8, 4) is 11.5 Å². The van der Waals surface area contributed by atoms with Gasteiger partial charge in [0.05, 0.1) is 26.3 Å². The summed E-state index contributed by atoms with van der Waals surface area (Å²) in [6.45, 7) is 0. The number of rotatable bonds is 7. The van der Waals surface area contributed by atoms with Crippen molar-refractivity contribution in [2.75, 3.05) is 19.5 Å². The van der Waals surface area contributed by atoms with Crippen molar-refractivity contribution >= 4 is 74.5 Å². The van der Waals surface area contributed by atoms with Gasteiger partial charge in [0.2, 0.25) is 9.70 Å². The van der Waals surface area contributed by atoms with Gasteiger partial charge in [-0.1, -0.05) is 77.3 Å². The second-order valence-corrected chi connectivity index (χ2v) is 9.80. The number of amides is 1. The van der Waals surface area contributed by atoms with Crippen LogP contribution in [0.25, 0.3) is 10.8 Å². The van der Waals surface area contributed by atoms with Crippen LogP contribution in [0, 0.1) is 0 Å². The molecule has 6 nitrogen and oxygen atoms in total. The molecule has 0 fully saturated rings. The zero-order valence-corrected chi connectivity index (χ0v) is 20.9. The highest BCUT2D eigenvalue weighted by Crippen LogP contribution is 2.31. The molecule has 3 aromatic carbocycles. The average Bonchev–Trinajstić information content (AvgIpc) is 2.78. The van der Waals surface area contributed by atoms with E-state index in [0.717, 1.165) is 16.3 Å². The van der Waals surface area contributed by atoms with Crippen molar-refractivity contribution in [1.29, 1.82) is 0 Å². The molecule has 3 rings (SSSR count). The number of nitrogens with one attached hydrogen (secondary N) is 3. The van der Waals surface area contributed by atoms with Crippen molar-refractivity contribution < 1.29 is 14.3 Å². The van der Waals surface area contributed by atoms with Crippen LogP contribution in [-0.4, -0.2) is 35.2 Å². The maximum atomic E-state index is 12.8. The van der Waals surface area contributed by atoms with Crippen LogP contribution in [0.15, 0.2) is 60.7 Å². The number of ether oxygens (including phenoxy) is 2. The molecule has 10 heteroatoms. The molecule has 0 aliphatic rings. The van der Waals surface area contributed by atoms with E-state index in [4.69, 9.17) is 56.5 Å². The van der Waals surface area contributed by atoms with Crippen LogP contribution in [0.4, 0.5) is 5.69 Å². The molecule has 1 amide bonds. The van der Waals surface area contributed by atoms with Gasteiger partial charge in [0.1, 0.15) is 17.7 Å². The number of benzene rings is 3. The van der Waals surface area contributed by atoms with Gasteiger partial charge in [-0.15, -0.1) is 0 Å². The van der Waals surface area contributed by atoms with Gasteiger partial charge in [0, 0.05) is 6.07 Å². The Morgan fingerprint density at radius 1 is 1.00 bits per heavy atom. The van der Waals surface area contributed by atoms with Gasteiger partial charge in [-0.25, -0.2) is 0 Å². The Labute approximate surface area is 212 Å². The third-order valence-electron chi connectivity index (χ3n) is 4.79. The summed E-state index contributed by atoms with van der Waals surface area (Å²) in [5.74, 6) is 0.796. The molecule has 0 saturated carbocycles. The maximum Gasteiger partial charge on any atom is 0.228 e. The van der Waals surface area contributed by atoms with Crippen LogP contribution in [0.1, 0.15) is 5.56 Å². The first-order valence-electron chi connectivity index (χ1n) is 9.83. The Bertz CT molecular complexity index is 1150. The minimum atomic E-state index is -1.88. The summed E-state index contributed by atoms with van der Waals surface area (Å²) in [6, 6.07) is 18.8. The van der Waals surface area contributed by atoms with E-state index in [1.54, 1.807) is 25.3 Å². The standard InChI is InChI=1S/C23H22Cl3N3O3S/c1-31-16-10-11-19(32-2)18(13-16)27-22(33)29-21(23(24,25)26)28-20(30)12-15-8-5-7-14-6-3-4-9-17(14)15/h3-11,13,21H,12H2,1-2H3,(H,28,30)(H2,27,29,33)/t21-/m0/s1. The maximum absolute atomic E-state index is 12.8. The largest absolute Gasteiger partial charge is 0.497 e. The monoisotopic (exact) mass is 525 g/mol. The van der Waals surface area contributed by atoms with E-state index < -0.39 is 9.96 Å². The number of carbonyl (C=O) groups is 1. The molecule has 0 bridgehead atoms. The number of hydrogen-bond acceptors (Lipinski definition) is 4. The van der Waals surface area contributed by atoms with Crippen LogP contribution in [0.5, 0.6) is 11.5 Å². The van der Waals surface area contributed by atoms with Gasteiger partial charge in [-0.3, -0.25) is 4.79 Å². The van der Waals surface area contributed by atoms with Crippen molar-refractivity contribution in [2.45, 2.75) is 16.4 Å². The molecule has 0 radical (unpaired) electrons. The molecule has 0 unspecified atom stereocenters. The predicted octanol–water partition coefficient (Wildman–Crippen LogP) is 5.20. The van der Waals surface area contributed by atoms with Crippen molar-refractivity contribution in [1.82, 2.24) is 10.6 Å². The minimum Gasteiger partial charge on any atom is -0.497 e. The second kappa shape index (κ2) is 11.1. The van der Waals surface area contributed by atoms with Crippen LogP contribution in [0.2, 0.25) is 0 Å². The van der Waals surface area contributed by atoms with Crippen molar-refractivity contribution in [3.05, 3.63) is 66.2 Å². The van der Waals surface area contributed by atoms with E-state index in [2.05, 4.69) is 16.0 Å². The summed E-state index contributed by atoms with van der Waals surface area (Å²) in [4.78, 5) is 12.8. The summed E-state index contributed by atoms with van der Waals surface area (Å²) in [5.41, 5.74) is 1.40. The number of fused-ring (bicyclic) bond motifs is 1. The highest BCUT2D eigenvalue weighted by molar-refractivity contribution is 7.80. The molecule has 0 aromatic heterocycles. The topological polar surface area (TPSA) is 71.6 Å². The SMILES string of the molecule is COc1ccc(OC)c(NC(=S)N[C@H](NC(=O)Cc2cccc3ccccc23)C(Cl)(Cl)Cl)c1. The van der Waals surface area contributed by atoms with Crippen molar-refractivity contribution in [3.63, 3.8) is 0 Å². The molecule has 0 saturated heterocycles. The molecule has 1 atom stereocenters. The zero-order chi connectivity index (χ0) is 24.0. The fourth-order valence-electron chi connectivity index (χ4n) is 3.23. The van der Waals surface area contributed by atoms with Gasteiger partial charge in [0.25, 0.3) is 0 Å². The van der Waals surface area contributed by atoms with Crippen LogP contribution >= 0.6 is 47.0 Å². The lowest BCUT2D eigenvalue weighted by molar-refractivity contribution is -0.121. The fourth-order valence-corrected chi connectivity index (χ4v) is 3.79. The Morgan fingerprint density at radius 2 is 1.73 bits per heavy atom. The second-order valence-electron chi connectivity index (χ2n) is 7.02. The van der Waals surface area contributed by atoms with E-state index in [0.29, 0.717) is 17.2 Å². The summed E-state index contributed by atoms with van der Waals surface area (Å²) < 4.78 is 8.69. The lowest BCUT2D eigenvalue weighted by atomic mass is 10.0. The fraction of sp³-hybridized carbons (Fsp3) is 0.217. The van der Waals surface area contributed by atoms with Gasteiger partial charge in [-0.2, -0.15) is 0 Å². The Balaban J connectivity index is 1.71. The number of anilines is 1. The molecular formula is C23H22Cl3N3O3S. The summed E-state index contributed by atoms with van der Waals surface area (Å²) in [6.07, 6.45) is -0.994. The highest BCUT2D eigenvalue weighted by Gasteiger charge is 2.34. The molecule has 3 N–H and O–H groups in total. The smallest absolute Gasteiger partial charge is 0.228 e. The molecule has 174 valence electrons. The quantitative estimate of drug-likeness (QED) is 0.223. The van der Waals surface area contributed by atoms with Crippen LogP contribution in [-0.2, 0) is 11.2 Å². The van der Waals surface area contributed by atoms with Crippen LogP contribution < -0.4 is 25.4 Å². The number of methoxy groups -OCH3 is 2. The third kappa shape index (κ3) is 6.77. The molecule has 33 heavy (non-hydrogen) atoms. The summed E-state index contributed by atoms with van der Waals surface area (Å²) in [7, 11) is 3.08. The van der Waals surface area contributed by atoms with E-state index >= 15 is 0 Å². The highest BCUT2D eigenvalue weighted by atomic mass is 35.6. The number of hydrogen-bond donors (Lipinski definition) is 3. The van der Waals surface area contributed by atoms with E-state index in [9.17, 15) is 4.79 Å². The van der Waals surface area contributed by atoms with Gasteiger partial charge in [-0.05, 0) is 40.7 Å². The Morgan fingerprint density at radius 3 is 2.42 bits per heavy atom. The first-order valence-corrected chi connectivity index (χ1v) is 11.4. The van der Waals surface area contributed by atoms with Crippen molar-refractivity contribution in [2.24, 2.45) is 0 Å². The first-order chi connectivity index (χ1) is 15.7. The summed E-state index contributed by atoms with van der Waals surface area (Å²) in [5, 5.41) is 10.7. The van der Waals surface area contributed by atoms with E-state index in [-0.39, 0.29) is 17.4 Å². The molecule has 3 aromatic rings. The lowest BCUT2D eigenvalue weighted by Crippen LogP contribution is -2.56. The molecule has 0 aliphatic carbocycles. The normalized spacial score (nSPS) is 12.0. The number of thiocarbonyl (C=S) groups is 1. The van der Waals surface area contributed by atoms with Gasteiger partial charge in [0.15, 0.2) is 5.11 Å².